The van der Waals surface area contributed by atoms with Crippen LogP contribution < -0.4 is 10.7 Å². The van der Waals surface area contributed by atoms with Crippen molar-refractivity contribution >= 4 is 41.0 Å². The number of aromatic nitrogens is 2. The molecule has 4 aromatic rings. The average Bonchev–Trinajstić information content (AvgIpc) is 3.87. The molecule has 0 fully saturated rings. The van der Waals surface area contributed by atoms with Crippen molar-refractivity contribution in [3.05, 3.63) is 156 Å². The van der Waals surface area contributed by atoms with Crippen LogP contribution in [0.15, 0.2) is 110 Å². The van der Waals surface area contributed by atoms with E-state index in [2.05, 4.69) is 149 Å². The van der Waals surface area contributed by atoms with Gasteiger partial charge in [0, 0.05) is 11.1 Å². The van der Waals surface area contributed by atoms with E-state index in [-0.39, 0.29) is 0 Å². The van der Waals surface area contributed by atoms with Gasteiger partial charge in [0.15, 0.2) is 0 Å². The summed E-state index contributed by atoms with van der Waals surface area (Å²) >= 11 is 0. The van der Waals surface area contributed by atoms with E-state index in [9.17, 15) is 0 Å². The minimum absolute atomic E-state index is 0.928. The van der Waals surface area contributed by atoms with Crippen LogP contribution in [0.4, 0.5) is 0 Å². The van der Waals surface area contributed by atoms with E-state index in [4.69, 9.17) is 9.98 Å². The van der Waals surface area contributed by atoms with Crippen molar-refractivity contribution in [2.75, 3.05) is 0 Å². The monoisotopic (exact) mass is 710 g/mol. The van der Waals surface area contributed by atoms with E-state index in [1.165, 1.54) is 89.2 Å². The van der Waals surface area contributed by atoms with E-state index >= 15 is 0 Å². The molecule has 4 heteroatoms. The van der Waals surface area contributed by atoms with Gasteiger partial charge in [0.25, 0.3) is 0 Å². The maximum absolute atomic E-state index is 5.54. The molecule has 0 amide bonds. The molecule has 0 radical (unpaired) electrons. The second-order valence-corrected chi connectivity index (χ2v) is 14.6. The first-order chi connectivity index (χ1) is 26.5. The van der Waals surface area contributed by atoms with E-state index in [0.717, 1.165) is 74.2 Å². The van der Waals surface area contributed by atoms with E-state index in [0.29, 0.717) is 0 Å². The molecule has 8 rings (SSSR count). The molecular weight excluding hydrogens is 657 g/mol. The minimum Gasteiger partial charge on any atom is -0.307 e. The number of allylic oxidation sites excluding steroid dienone is 5. The Balaban J connectivity index is 1.71. The lowest BCUT2D eigenvalue weighted by atomic mass is 9.96. The molecule has 0 saturated heterocycles. The Morgan fingerprint density at radius 1 is 0.389 bits per heavy atom. The number of benzene rings is 2. The first-order valence-electron chi connectivity index (χ1n) is 20.6. The SMILES string of the molecule is CCC1=C(CC)C2=NC1=Cc1c(CC)c(CC)c3n1C(c1ccccc1)=C(c1ccccc1)n1c(c(CC)c(CC)c1=C3)=CC1=NC(=C2)C(CC)=C1CC. The van der Waals surface area contributed by atoms with Crippen molar-refractivity contribution in [2.45, 2.75) is 107 Å². The summed E-state index contributed by atoms with van der Waals surface area (Å²) in [5.41, 5.74) is 22.7. The zero-order valence-corrected chi connectivity index (χ0v) is 33.5. The second-order valence-electron chi connectivity index (χ2n) is 14.6. The number of nitrogens with zero attached hydrogens (tertiary/aromatic N) is 4. The number of hydrogen-bond donors (Lipinski definition) is 0. The van der Waals surface area contributed by atoms with Crippen molar-refractivity contribution in [1.82, 2.24) is 9.13 Å². The third-order valence-electron chi connectivity index (χ3n) is 12.1. The second kappa shape index (κ2) is 14.5. The van der Waals surface area contributed by atoms with Crippen LogP contribution >= 0.6 is 0 Å². The van der Waals surface area contributed by atoms with E-state index in [1.807, 2.05) is 0 Å². The van der Waals surface area contributed by atoms with Gasteiger partial charge in [0.05, 0.1) is 56.3 Å². The summed E-state index contributed by atoms with van der Waals surface area (Å²) in [5.74, 6) is 0. The van der Waals surface area contributed by atoms with Crippen LogP contribution in [-0.4, -0.2) is 20.6 Å². The fraction of sp³-hybridized carbons (Fsp3) is 0.320. The molecule has 6 bridgehead atoms. The van der Waals surface area contributed by atoms with Gasteiger partial charge in [-0.05, 0) is 120 Å². The summed E-state index contributed by atoms with van der Waals surface area (Å²) in [6.45, 7) is 18.4. The van der Waals surface area contributed by atoms with Gasteiger partial charge in [-0.25, -0.2) is 9.98 Å². The highest BCUT2D eigenvalue weighted by Crippen LogP contribution is 2.41. The molecule has 0 saturated carbocycles. The molecule has 4 aliphatic rings. The molecule has 0 N–H and O–H groups in total. The summed E-state index contributed by atoms with van der Waals surface area (Å²) in [4.78, 5) is 11.1. The van der Waals surface area contributed by atoms with Crippen LogP contribution in [0.1, 0.15) is 126 Å². The van der Waals surface area contributed by atoms with Crippen LogP contribution in [-0.2, 0) is 25.7 Å². The van der Waals surface area contributed by atoms with Gasteiger partial charge < -0.3 is 9.13 Å². The van der Waals surface area contributed by atoms with Crippen LogP contribution in [0.3, 0.4) is 0 Å². The Morgan fingerprint density at radius 2 is 0.796 bits per heavy atom. The lowest BCUT2D eigenvalue weighted by Crippen LogP contribution is -2.29. The molecule has 4 aliphatic heterocycles. The van der Waals surface area contributed by atoms with Gasteiger partial charge in [0.2, 0.25) is 0 Å². The Labute approximate surface area is 321 Å². The molecular formula is C50H54N4. The van der Waals surface area contributed by atoms with Crippen molar-refractivity contribution in [3.63, 3.8) is 0 Å². The Bertz CT molecular complexity index is 2530. The molecule has 0 unspecified atom stereocenters. The van der Waals surface area contributed by atoms with Crippen molar-refractivity contribution in [3.8, 4) is 0 Å². The highest BCUT2D eigenvalue weighted by atomic mass is 15.1. The molecule has 0 atom stereocenters. The fourth-order valence-corrected chi connectivity index (χ4v) is 9.74. The lowest BCUT2D eigenvalue weighted by Gasteiger charge is -2.21. The average molecular weight is 711 g/mol. The molecule has 0 spiro atoms. The summed E-state index contributed by atoms with van der Waals surface area (Å²) in [6, 6.07) is 22.2. The summed E-state index contributed by atoms with van der Waals surface area (Å²) in [5, 5.41) is 2.52. The third-order valence-corrected chi connectivity index (χ3v) is 12.1. The fourth-order valence-electron chi connectivity index (χ4n) is 9.74. The molecule has 274 valence electrons. The molecule has 54 heavy (non-hydrogen) atoms. The molecule has 2 aromatic heterocycles. The zero-order valence-electron chi connectivity index (χ0n) is 33.5. The van der Waals surface area contributed by atoms with Gasteiger partial charge >= 0.3 is 0 Å². The smallest absolute Gasteiger partial charge is 0.0781 e. The Kier molecular flexibility index (Phi) is 9.64. The van der Waals surface area contributed by atoms with Crippen LogP contribution in [0.2, 0.25) is 0 Å². The topological polar surface area (TPSA) is 34.6 Å². The molecule has 6 heterocycles. The van der Waals surface area contributed by atoms with Gasteiger partial charge in [-0.15, -0.1) is 0 Å². The predicted octanol–water partition coefficient (Wildman–Crippen LogP) is 10.8. The van der Waals surface area contributed by atoms with Crippen LogP contribution in [0.5, 0.6) is 0 Å². The number of aliphatic imine (C=N–C) groups is 2. The van der Waals surface area contributed by atoms with Crippen LogP contribution in [0.25, 0.3) is 29.6 Å². The van der Waals surface area contributed by atoms with Crippen molar-refractivity contribution < 1.29 is 0 Å². The Hall–Kier alpha value is -5.22. The van der Waals surface area contributed by atoms with Gasteiger partial charge in [-0.2, -0.15) is 0 Å². The third kappa shape index (κ3) is 5.40. The lowest BCUT2D eigenvalue weighted by molar-refractivity contribution is 0.988. The number of fused-ring (bicyclic) bond motifs is 2. The first kappa shape index (κ1) is 35.8. The quantitative estimate of drug-likeness (QED) is 0.138. The van der Waals surface area contributed by atoms with E-state index in [1.54, 1.807) is 0 Å². The van der Waals surface area contributed by atoms with E-state index < -0.39 is 0 Å². The standard InChI is InChI=1S/C50H54N4/c1-9-33-35(11-3)43-28-45-37(13-5)39(15-7)47-30-48-40(16-8)38(14-6)46(29-44-36(12-4)34(10-2)42(52-44)27-41(33)51-43)54(48)50(32-25-21-18-22-26-32)49(53(45)47)31-23-19-17-20-24-31/h17-30H,9-16H2,1-8H3. The van der Waals surface area contributed by atoms with Crippen molar-refractivity contribution in [1.29, 1.82) is 0 Å². The molecule has 2 aromatic carbocycles. The van der Waals surface area contributed by atoms with Crippen LogP contribution in [0, 0.1) is 0 Å². The highest BCUT2D eigenvalue weighted by Gasteiger charge is 2.32. The predicted molar refractivity (Wildman–Crippen MR) is 230 cm³/mol. The first-order valence-corrected chi connectivity index (χ1v) is 20.6. The zero-order chi connectivity index (χ0) is 37.7. The maximum Gasteiger partial charge on any atom is 0.0781 e. The Morgan fingerprint density at radius 3 is 1.26 bits per heavy atom. The largest absolute Gasteiger partial charge is 0.307 e. The minimum atomic E-state index is 0.928. The van der Waals surface area contributed by atoms with Crippen molar-refractivity contribution in [2.24, 2.45) is 9.98 Å². The van der Waals surface area contributed by atoms with Gasteiger partial charge in [-0.3, -0.25) is 0 Å². The number of hydrogen-bond acceptors (Lipinski definition) is 2. The maximum atomic E-state index is 5.54. The number of rotatable bonds is 10. The summed E-state index contributed by atoms with van der Waals surface area (Å²) in [7, 11) is 0. The molecule has 4 nitrogen and oxygen atoms in total. The highest BCUT2D eigenvalue weighted by molar-refractivity contribution is 6.24. The normalized spacial score (nSPS) is 16.1. The van der Waals surface area contributed by atoms with Gasteiger partial charge in [-0.1, -0.05) is 116 Å². The summed E-state index contributed by atoms with van der Waals surface area (Å²) < 4.78 is 5.23. The summed E-state index contributed by atoms with van der Waals surface area (Å²) in [6.07, 6.45) is 17.2. The van der Waals surface area contributed by atoms with Gasteiger partial charge in [0.1, 0.15) is 0 Å². The molecule has 0 aliphatic carbocycles.